The number of benzene rings is 1. The van der Waals surface area contributed by atoms with Crippen molar-refractivity contribution in [3.63, 3.8) is 0 Å². The molecule has 142 valence electrons. The molecule has 0 unspecified atom stereocenters. The summed E-state index contributed by atoms with van der Waals surface area (Å²) in [7, 11) is -3.17. The Labute approximate surface area is 158 Å². The molecule has 2 fully saturated rings. The Hall–Kier alpha value is -2.45. The topological polar surface area (TPSA) is 82.6 Å². The molecule has 2 saturated heterocycles. The molecule has 1 N–H and O–H groups in total. The maximum absolute atomic E-state index is 12.8. The number of fused-ring (bicyclic) bond motifs is 1. The summed E-state index contributed by atoms with van der Waals surface area (Å²) in [4.78, 5) is 20.8. The van der Waals surface area contributed by atoms with Gasteiger partial charge < -0.3 is 10.2 Å². The van der Waals surface area contributed by atoms with Crippen LogP contribution in [0.2, 0.25) is 0 Å². The highest BCUT2D eigenvalue weighted by Gasteiger charge is 2.48. The Morgan fingerprint density at radius 3 is 2.59 bits per heavy atom. The number of piperazine rings is 1. The van der Waals surface area contributed by atoms with E-state index in [0.717, 1.165) is 5.56 Å². The van der Waals surface area contributed by atoms with Gasteiger partial charge >= 0.3 is 6.03 Å². The summed E-state index contributed by atoms with van der Waals surface area (Å²) in [6.45, 7) is 1.77. The van der Waals surface area contributed by atoms with Gasteiger partial charge in [-0.3, -0.25) is 9.88 Å². The van der Waals surface area contributed by atoms with Crippen molar-refractivity contribution < 1.29 is 13.2 Å². The van der Waals surface area contributed by atoms with Gasteiger partial charge in [0.25, 0.3) is 0 Å². The van der Waals surface area contributed by atoms with Crippen molar-refractivity contribution in [1.29, 1.82) is 0 Å². The van der Waals surface area contributed by atoms with Crippen LogP contribution in [0.4, 0.5) is 10.5 Å². The lowest BCUT2D eigenvalue weighted by molar-refractivity contribution is 0.0651. The summed E-state index contributed by atoms with van der Waals surface area (Å²) in [5, 5.41) is 2.88. The van der Waals surface area contributed by atoms with Crippen molar-refractivity contribution in [2.75, 3.05) is 29.9 Å². The zero-order valence-electron chi connectivity index (χ0n) is 14.9. The van der Waals surface area contributed by atoms with Crippen LogP contribution >= 0.6 is 0 Å². The Kier molecular flexibility index (Phi) is 4.84. The fourth-order valence-electron chi connectivity index (χ4n) is 3.92. The van der Waals surface area contributed by atoms with E-state index in [1.807, 2.05) is 42.5 Å². The normalized spacial score (nSPS) is 24.4. The van der Waals surface area contributed by atoms with Gasteiger partial charge in [-0.1, -0.05) is 24.3 Å². The van der Waals surface area contributed by atoms with Crippen molar-refractivity contribution in [3.8, 4) is 0 Å². The number of anilines is 1. The van der Waals surface area contributed by atoms with Crippen LogP contribution in [0.3, 0.4) is 0 Å². The molecule has 7 nitrogen and oxygen atoms in total. The number of sulfone groups is 1. The van der Waals surface area contributed by atoms with Crippen molar-refractivity contribution in [2.24, 2.45) is 0 Å². The molecule has 4 rings (SSSR count). The fourth-order valence-corrected chi connectivity index (χ4v) is 5.93. The van der Waals surface area contributed by atoms with E-state index in [9.17, 15) is 13.2 Å². The van der Waals surface area contributed by atoms with Gasteiger partial charge in [0.05, 0.1) is 17.5 Å². The van der Waals surface area contributed by atoms with Crippen molar-refractivity contribution in [2.45, 2.75) is 18.6 Å². The largest absolute Gasteiger partial charge is 0.322 e. The number of urea groups is 1. The first-order valence-corrected chi connectivity index (χ1v) is 10.8. The number of aromatic nitrogens is 1. The van der Waals surface area contributed by atoms with E-state index in [4.69, 9.17) is 0 Å². The SMILES string of the molecule is O=C(Nc1ccccc1)N1CCN(Cc2cccnc2)[C@@H]2CS(=O)(=O)C[C@@H]21. The average molecular weight is 386 g/mol. The molecule has 27 heavy (non-hydrogen) atoms. The van der Waals surface area contributed by atoms with Gasteiger partial charge in [-0.05, 0) is 23.8 Å². The maximum atomic E-state index is 12.8. The minimum absolute atomic E-state index is 0.0173. The minimum Gasteiger partial charge on any atom is -0.318 e. The highest BCUT2D eigenvalue weighted by Crippen LogP contribution is 2.28. The van der Waals surface area contributed by atoms with Gasteiger partial charge in [0.1, 0.15) is 0 Å². The van der Waals surface area contributed by atoms with E-state index >= 15 is 0 Å². The van der Waals surface area contributed by atoms with E-state index in [-0.39, 0.29) is 29.6 Å². The highest BCUT2D eigenvalue weighted by molar-refractivity contribution is 7.91. The molecule has 1 aromatic carbocycles. The summed E-state index contributed by atoms with van der Waals surface area (Å²) in [5.74, 6) is 0.108. The lowest BCUT2D eigenvalue weighted by Crippen LogP contribution is -2.61. The number of carbonyl (C=O) groups excluding carboxylic acids is 1. The molecule has 2 aromatic rings. The molecule has 2 aliphatic rings. The Balaban J connectivity index is 1.52. The smallest absolute Gasteiger partial charge is 0.318 e. The Bertz CT molecular complexity index is 905. The number of pyridine rings is 1. The summed E-state index contributed by atoms with van der Waals surface area (Å²) in [5.41, 5.74) is 1.75. The van der Waals surface area contributed by atoms with Gasteiger partial charge in [-0.15, -0.1) is 0 Å². The molecule has 0 bridgehead atoms. The zero-order valence-corrected chi connectivity index (χ0v) is 15.7. The monoisotopic (exact) mass is 386 g/mol. The third kappa shape index (κ3) is 3.96. The molecule has 3 heterocycles. The maximum Gasteiger partial charge on any atom is 0.322 e. The van der Waals surface area contributed by atoms with Crippen molar-refractivity contribution in [1.82, 2.24) is 14.8 Å². The first kappa shape index (κ1) is 17.9. The van der Waals surface area contributed by atoms with E-state index in [0.29, 0.717) is 25.3 Å². The second-order valence-corrected chi connectivity index (χ2v) is 9.19. The second kappa shape index (κ2) is 7.28. The van der Waals surface area contributed by atoms with Gasteiger partial charge in [-0.25, -0.2) is 13.2 Å². The van der Waals surface area contributed by atoms with E-state index in [1.54, 1.807) is 17.3 Å². The number of nitrogens with one attached hydrogen (secondary N) is 1. The molecular weight excluding hydrogens is 364 g/mol. The summed E-state index contributed by atoms with van der Waals surface area (Å²) >= 11 is 0. The van der Waals surface area contributed by atoms with Crippen LogP contribution in [0.5, 0.6) is 0 Å². The number of nitrogens with zero attached hydrogens (tertiary/aromatic N) is 3. The Morgan fingerprint density at radius 2 is 1.85 bits per heavy atom. The van der Waals surface area contributed by atoms with Gasteiger partial charge in [0.15, 0.2) is 9.84 Å². The van der Waals surface area contributed by atoms with E-state index in [1.165, 1.54) is 0 Å². The average Bonchev–Trinajstić information content (AvgIpc) is 2.99. The molecule has 8 heteroatoms. The molecule has 0 radical (unpaired) electrons. The zero-order chi connectivity index (χ0) is 18.9. The van der Waals surface area contributed by atoms with Crippen LogP contribution in [0, 0.1) is 0 Å². The van der Waals surface area contributed by atoms with E-state index < -0.39 is 9.84 Å². The number of hydrogen-bond donors (Lipinski definition) is 1. The van der Waals surface area contributed by atoms with Crippen molar-refractivity contribution >= 4 is 21.6 Å². The summed E-state index contributed by atoms with van der Waals surface area (Å²) in [6.07, 6.45) is 3.52. The number of carbonyl (C=O) groups is 1. The predicted octanol–water partition coefficient (Wildman–Crippen LogP) is 1.60. The molecule has 2 amide bonds. The molecule has 2 atom stereocenters. The second-order valence-electron chi connectivity index (χ2n) is 7.03. The highest BCUT2D eigenvalue weighted by atomic mass is 32.2. The molecular formula is C19H22N4O3S. The first-order valence-electron chi connectivity index (χ1n) is 8.98. The van der Waals surface area contributed by atoms with Crippen LogP contribution in [0.15, 0.2) is 54.9 Å². The standard InChI is InChI=1S/C19H22N4O3S/c24-19(21-16-6-2-1-3-7-16)23-10-9-22(12-15-5-4-8-20-11-15)17-13-27(25,26)14-18(17)23/h1-8,11,17-18H,9-10,12-14H2,(H,21,24)/t17-,18+/m1/s1. The third-order valence-corrected chi connectivity index (χ3v) is 6.88. The first-order chi connectivity index (χ1) is 13.0. The quantitative estimate of drug-likeness (QED) is 0.866. The van der Waals surface area contributed by atoms with Crippen molar-refractivity contribution in [3.05, 3.63) is 60.4 Å². The van der Waals surface area contributed by atoms with Crippen LogP contribution in [0.25, 0.3) is 0 Å². The van der Waals surface area contributed by atoms with Crippen LogP contribution in [-0.4, -0.2) is 65.9 Å². The fraction of sp³-hybridized carbons (Fsp3) is 0.368. The molecule has 0 saturated carbocycles. The lowest BCUT2D eigenvalue weighted by atomic mass is 10.0. The summed E-state index contributed by atoms with van der Waals surface area (Å²) < 4.78 is 24.6. The number of para-hydroxylation sites is 1. The molecule has 0 aliphatic carbocycles. The van der Waals surface area contributed by atoms with Crippen LogP contribution < -0.4 is 5.32 Å². The molecule has 0 spiro atoms. The summed E-state index contributed by atoms with van der Waals surface area (Å²) in [6, 6.07) is 12.3. The third-order valence-electron chi connectivity index (χ3n) is 5.19. The van der Waals surface area contributed by atoms with Gasteiger partial charge in [0, 0.05) is 43.8 Å². The minimum atomic E-state index is -3.17. The number of hydrogen-bond acceptors (Lipinski definition) is 5. The van der Waals surface area contributed by atoms with Gasteiger partial charge in [-0.2, -0.15) is 0 Å². The van der Waals surface area contributed by atoms with Crippen LogP contribution in [0.1, 0.15) is 5.56 Å². The number of rotatable bonds is 3. The lowest BCUT2D eigenvalue weighted by Gasteiger charge is -2.43. The number of amides is 2. The molecule has 2 aliphatic heterocycles. The predicted molar refractivity (Wildman–Crippen MR) is 103 cm³/mol. The van der Waals surface area contributed by atoms with E-state index in [2.05, 4.69) is 15.2 Å². The molecule has 1 aromatic heterocycles. The van der Waals surface area contributed by atoms with Crippen LogP contribution in [-0.2, 0) is 16.4 Å². The Morgan fingerprint density at radius 1 is 1.07 bits per heavy atom. The van der Waals surface area contributed by atoms with Gasteiger partial charge in [0.2, 0.25) is 0 Å².